The summed E-state index contributed by atoms with van der Waals surface area (Å²) in [5.41, 5.74) is 19.7. The number of anilines is 3. The molecule has 0 atom stereocenters. The summed E-state index contributed by atoms with van der Waals surface area (Å²) in [5.74, 6) is 0. The molecule has 0 N–H and O–H groups in total. The summed E-state index contributed by atoms with van der Waals surface area (Å²) in [6, 6.07) is 54.1. The fourth-order valence-electron chi connectivity index (χ4n) is 9.49. The van der Waals surface area contributed by atoms with Gasteiger partial charge in [0.2, 0.25) is 0 Å². The van der Waals surface area contributed by atoms with Crippen molar-refractivity contribution in [1.82, 2.24) is 0 Å². The number of hydrogen-bond acceptors (Lipinski definition) is 2. The van der Waals surface area contributed by atoms with Crippen LogP contribution in [0.5, 0.6) is 0 Å². The molecule has 8 aromatic rings. The van der Waals surface area contributed by atoms with Crippen molar-refractivity contribution < 1.29 is 4.42 Å². The van der Waals surface area contributed by atoms with E-state index in [1.54, 1.807) is 0 Å². The first-order chi connectivity index (χ1) is 25.9. The molecule has 1 heterocycles. The molecule has 0 saturated heterocycles. The van der Waals surface area contributed by atoms with E-state index in [9.17, 15) is 0 Å². The Morgan fingerprint density at radius 1 is 0.444 bits per heavy atom. The first-order valence-electron chi connectivity index (χ1n) is 19.3. The highest BCUT2D eigenvalue weighted by atomic mass is 16.3. The van der Waals surface area contributed by atoms with Gasteiger partial charge in [-0.25, -0.2) is 0 Å². The molecular formula is C52H45NO. The van der Waals surface area contributed by atoms with Crippen molar-refractivity contribution >= 4 is 39.0 Å². The Kier molecular flexibility index (Phi) is 6.87. The third-order valence-corrected chi connectivity index (χ3v) is 12.4. The van der Waals surface area contributed by atoms with Gasteiger partial charge in [0.15, 0.2) is 0 Å². The number of para-hydroxylation sites is 2. The second-order valence-corrected chi connectivity index (χ2v) is 17.4. The van der Waals surface area contributed by atoms with Gasteiger partial charge in [-0.15, -0.1) is 0 Å². The van der Waals surface area contributed by atoms with Gasteiger partial charge >= 0.3 is 0 Å². The van der Waals surface area contributed by atoms with Gasteiger partial charge < -0.3 is 9.32 Å². The third kappa shape index (κ3) is 4.65. The summed E-state index contributed by atoms with van der Waals surface area (Å²) in [4.78, 5) is 2.47. The van der Waals surface area contributed by atoms with Gasteiger partial charge in [0.05, 0.1) is 5.69 Å². The lowest BCUT2D eigenvalue weighted by Gasteiger charge is -2.30. The average Bonchev–Trinajstić information content (AvgIpc) is 3.74. The van der Waals surface area contributed by atoms with Gasteiger partial charge in [-0.1, -0.05) is 152 Å². The molecule has 0 amide bonds. The molecule has 2 aliphatic carbocycles. The quantitative estimate of drug-likeness (QED) is 0.182. The standard InChI is InChI=1S/C52H45NO/c1-50(2,3)32-23-26-40-44(29-32)52(6,7)43-20-14-18-39(49(40)43)37-16-9-12-21-46(37)53(33-25-28-48-41(30-33)38-17-10-13-22-47(38)54-48)34-24-27-36-35-15-8-11-19-42(35)51(4,5)45(36)31-34/h8-31H,1-7H3. The molecular weight excluding hydrogens is 655 g/mol. The molecule has 0 aliphatic heterocycles. The minimum Gasteiger partial charge on any atom is -0.456 e. The van der Waals surface area contributed by atoms with E-state index < -0.39 is 0 Å². The van der Waals surface area contributed by atoms with E-state index in [4.69, 9.17) is 4.42 Å². The Morgan fingerprint density at radius 3 is 1.87 bits per heavy atom. The van der Waals surface area contributed by atoms with E-state index in [0.717, 1.165) is 39.0 Å². The molecule has 0 fully saturated rings. The van der Waals surface area contributed by atoms with Crippen LogP contribution in [0, 0.1) is 0 Å². The van der Waals surface area contributed by atoms with Crippen LogP contribution in [0.25, 0.3) is 55.3 Å². The van der Waals surface area contributed by atoms with Crippen LogP contribution in [-0.2, 0) is 16.2 Å². The predicted molar refractivity (Wildman–Crippen MR) is 228 cm³/mol. The Balaban J connectivity index is 1.22. The van der Waals surface area contributed by atoms with Gasteiger partial charge in [0.1, 0.15) is 11.2 Å². The topological polar surface area (TPSA) is 16.4 Å². The molecule has 1 aromatic heterocycles. The fourth-order valence-corrected chi connectivity index (χ4v) is 9.49. The van der Waals surface area contributed by atoms with Crippen LogP contribution in [-0.4, -0.2) is 0 Å². The Bertz CT molecular complexity index is 2820. The maximum absolute atomic E-state index is 6.33. The van der Waals surface area contributed by atoms with Crippen molar-refractivity contribution in [1.29, 1.82) is 0 Å². The lowest BCUT2D eigenvalue weighted by molar-refractivity contribution is 0.584. The van der Waals surface area contributed by atoms with E-state index >= 15 is 0 Å². The van der Waals surface area contributed by atoms with Crippen LogP contribution in [0.3, 0.4) is 0 Å². The number of furan rings is 1. The molecule has 10 rings (SSSR count). The summed E-state index contributed by atoms with van der Waals surface area (Å²) < 4.78 is 6.33. The zero-order chi connectivity index (χ0) is 37.1. The fraction of sp³-hybridized carbons (Fsp3) is 0.192. The largest absolute Gasteiger partial charge is 0.456 e. The Labute approximate surface area is 318 Å². The summed E-state index contributed by atoms with van der Waals surface area (Å²) >= 11 is 0. The van der Waals surface area contributed by atoms with Crippen molar-refractivity contribution in [2.24, 2.45) is 0 Å². The predicted octanol–water partition coefficient (Wildman–Crippen LogP) is 14.6. The lowest BCUT2D eigenvalue weighted by Crippen LogP contribution is -2.17. The van der Waals surface area contributed by atoms with E-state index in [2.05, 4.69) is 193 Å². The SMILES string of the molecule is CC(C)(C)c1ccc2c(c1)C(C)(C)c1cccc(-c3ccccc3N(c3ccc4c(c3)C(C)(C)c3ccccc3-4)c3ccc4oc5ccccc5c4c3)c1-2. The van der Waals surface area contributed by atoms with E-state index in [1.165, 1.54) is 61.2 Å². The molecule has 0 radical (unpaired) electrons. The summed E-state index contributed by atoms with van der Waals surface area (Å²) in [6.45, 7) is 16.4. The molecule has 7 aromatic carbocycles. The Hall–Kier alpha value is -5.86. The van der Waals surface area contributed by atoms with Gasteiger partial charge in [0.25, 0.3) is 0 Å². The normalized spacial score (nSPS) is 14.9. The number of nitrogens with zero attached hydrogens (tertiary/aromatic N) is 1. The second-order valence-electron chi connectivity index (χ2n) is 17.4. The third-order valence-electron chi connectivity index (χ3n) is 12.4. The summed E-state index contributed by atoms with van der Waals surface area (Å²) in [5, 5.41) is 2.24. The minimum atomic E-state index is -0.126. The smallest absolute Gasteiger partial charge is 0.135 e. The average molecular weight is 700 g/mol. The van der Waals surface area contributed by atoms with Crippen molar-refractivity contribution in [3.05, 3.63) is 173 Å². The van der Waals surface area contributed by atoms with Crippen LogP contribution in [0.1, 0.15) is 76.3 Å². The second kappa shape index (κ2) is 11.3. The Morgan fingerprint density at radius 2 is 1.04 bits per heavy atom. The summed E-state index contributed by atoms with van der Waals surface area (Å²) in [7, 11) is 0. The van der Waals surface area contributed by atoms with E-state index in [-0.39, 0.29) is 16.2 Å². The van der Waals surface area contributed by atoms with Crippen LogP contribution >= 0.6 is 0 Å². The first-order valence-corrected chi connectivity index (χ1v) is 19.3. The van der Waals surface area contributed by atoms with Gasteiger partial charge in [0, 0.05) is 38.5 Å². The van der Waals surface area contributed by atoms with Crippen LogP contribution in [0.2, 0.25) is 0 Å². The molecule has 0 saturated carbocycles. The molecule has 0 bridgehead atoms. The zero-order valence-corrected chi connectivity index (χ0v) is 32.2. The maximum atomic E-state index is 6.33. The highest BCUT2D eigenvalue weighted by Gasteiger charge is 2.39. The number of benzene rings is 7. The molecule has 2 nitrogen and oxygen atoms in total. The van der Waals surface area contributed by atoms with Crippen LogP contribution in [0.15, 0.2) is 150 Å². The van der Waals surface area contributed by atoms with Crippen molar-refractivity contribution in [3.8, 4) is 33.4 Å². The molecule has 2 heteroatoms. The molecule has 54 heavy (non-hydrogen) atoms. The highest BCUT2D eigenvalue weighted by Crippen LogP contribution is 2.55. The lowest BCUT2D eigenvalue weighted by atomic mass is 9.79. The molecule has 0 unspecified atom stereocenters. The van der Waals surface area contributed by atoms with Gasteiger partial charge in [-0.3, -0.25) is 0 Å². The summed E-state index contributed by atoms with van der Waals surface area (Å²) in [6.07, 6.45) is 0. The first kappa shape index (κ1) is 32.8. The minimum absolute atomic E-state index is 0.0724. The van der Waals surface area contributed by atoms with Gasteiger partial charge in [-0.2, -0.15) is 0 Å². The van der Waals surface area contributed by atoms with Gasteiger partial charge in [-0.05, 0) is 104 Å². The maximum Gasteiger partial charge on any atom is 0.135 e. The van der Waals surface area contributed by atoms with Crippen LogP contribution in [0.4, 0.5) is 17.1 Å². The van der Waals surface area contributed by atoms with E-state index in [0.29, 0.717) is 0 Å². The zero-order valence-electron chi connectivity index (χ0n) is 32.2. The van der Waals surface area contributed by atoms with Crippen LogP contribution < -0.4 is 4.90 Å². The number of fused-ring (bicyclic) bond motifs is 9. The van der Waals surface area contributed by atoms with Crippen molar-refractivity contribution in [2.75, 3.05) is 4.90 Å². The monoisotopic (exact) mass is 699 g/mol. The van der Waals surface area contributed by atoms with E-state index in [1.807, 2.05) is 6.07 Å². The number of hydrogen-bond donors (Lipinski definition) is 0. The number of rotatable bonds is 4. The van der Waals surface area contributed by atoms with Crippen molar-refractivity contribution in [3.63, 3.8) is 0 Å². The molecule has 0 spiro atoms. The molecule has 264 valence electrons. The van der Waals surface area contributed by atoms with Crippen molar-refractivity contribution in [2.45, 2.75) is 64.7 Å². The molecule has 2 aliphatic rings. The highest BCUT2D eigenvalue weighted by molar-refractivity contribution is 6.07.